The molecule has 0 aliphatic rings. The first-order valence-electron chi connectivity index (χ1n) is 8.54. The number of nitrogens with two attached hydrogens (primary N) is 1. The first kappa shape index (κ1) is 20.0. The van der Waals surface area contributed by atoms with Crippen molar-refractivity contribution in [3.63, 3.8) is 0 Å². The molecular formula is C20H23N3O4. The Kier molecular flexibility index (Phi) is 6.93. The van der Waals surface area contributed by atoms with Crippen LogP contribution in [0.2, 0.25) is 0 Å². The molecule has 3 amide bonds. The summed E-state index contributed by atoms with van der Waals surface area (Å²) in [5, 5.41) is 5.52. The number of hydrogen-bond donors (Lipinski definition) is 3. The molecule has 0 aliphatic heterocycles. The quantitative estimate of drug-likeness (QED) is 0.660. The molecule has 0 bridgehead atoms. The van der Waals surface area contributed by atoms with Crippen LogP contribution in [0.3, 0.4) is 0 Å². The third kappa shape index (κ3) is 6.14. The highest BCUT2D eigenvalue weighted by atomic mass is 16.5. The molecule has 0 radical (unpaired) electrons. The van der Waals surface area contributed by atoms with E-state index in [1.54, 1.807) is 48.5 Å². The molecule has 0 saturated carbocycles. The maximum absolute atomic E-state index is 12.7. The first-order valence-corrected chi connectivity index (χ1v) is 8.54. The second-order valence-electron chi connectivity index (χ2n) is 6.33. The van der Waals surface area contributed by atoms with Crippen LogP contribution < -0.4 is 21.1 Å². The minimum absolute atomic E-state index is 0.119. The fourth-order valence-electron chi connectivity index (χ4n) is 2.39. The summed E-state index contributed by atoms with van der Waals surface area (Å²) in [6.45, 7) is 3.45. The second kappa shape index (κ2) is 9.38. The van der Waals surface area contributed by atoms with Crippen molar-refractivity contribution >= 4 is 23.4 Å². The molecule has 0 heterocycles. The number of primary amides is 1. The Hall–Kier alpha value is -3.35. The van der Waals surface area contributed by atoms with Crippen LogP contribution in [0, 0.1) is 5.92 Å². The maximum atomic E-state index is 12.7. The lowest BCUT2D eigenvalue weighted by atomic mass is 10.0. The summed E-state index contributed by atoms with van der Waals surface area (Å²) in [5.74, 6) is -0.967. The molecule has 0 unspecified atom stereocenters. The lowest BCUT2D eigenvalue weighted by Gasteiger charge is -2.22. The van der Waals surface area contributed by atoms with Crippen molar-refractivity contribution in [2.75, 3.05) is 11.9 Å². The number of ether oxygens (including phenoxy) is 1. The normalized spacial score (nSPS) is 11.5. The number of benzene rings is 2. The highest BCUT2D eigenvalue weighted by molar-refractivity contribution is 6.01. The van der Waals surface area contributed by atoms with Crippen molar-refractivity contribution in [3.05, 3.63) is 60.2 Å². The largest absolute Gasteiger partial charge is 0.484 e. The highest BCUT2D eigenvalue weighted by Gasteiger charge is 2.24. The third-order valence-electron chi connectivity index (χ3n) is 3.75. The predicted octanol–water partition coefficient (Wildman–Crippen LogP) is 1.94. The monoisotopic (exact) mass is 369 g/mol. The zero-order valence-electron chi connectivity index (χ0n) is 15.3. The number of amides is 3. The van der Waals surface area contributed by atoms with E-state index in [1.807, 2.05) is 19.9 Å². The average molecular weight is 369 g/mol. The summed E-state index contributed by atoms with van der Waals surface area (Å²) in [4.78, 5) is 35.8. The van der Waals surface area contributed by atoms with E-state index in [-0.39, 0.29) is 24.3 Å². The van der Waals surface area contributed by atoms with Gasteiger partial charge in [0.05, 0.1) is 0 Å². The van der Waals surface area contributed by atoms with Crippen LogP contribution in [0.1, 0.15) is 24.2 Å². The highest BCUT2D eigenvalue weighted by Crippen LogP contribution is 2.18. The Labute approximate surface area is 157 Å². The van der Waals surface area contributed by atoms with Crippen LogP contribution in [-0.4, -0.2) is 30.4 Å². The number of anilines is 1. The molecule has 142 valence electrons. The van der Waals surface area contributed by atoms with Crippen molar-refractivity contribution in [1.82, 2.24) is 5.32 Å². The maximum Gasteiger partial charge on any atom is 0.255 e. The summed E-state index contributed by atoms with van der Waals surface area (Å²) in [6, 6.07) is 14.6. The number of rotatable bonds is 8. The van der Waals surface area contributed by atoms with Crippen molar-refractivity contribution in [2.24, 2.45) is 11.7 Å². The van der Waals surface area contributed by atoms with Crippen LogP contribution in [0.5, 0.6) is 5.75 Å². The van der Waals surface area contributed by atoms with Gasteiger partial charge >= 0.3 is 0 Å². The molecule has 27 heavy (non-hydrogen) atoms. The molecule has 0 saturated heterocycles. The smallest absolute Gasteiger partial charge is 0.255 e. The lowest BCUT2D eigenvalue weighted by Crippen LogP contribution is -2.47. The Bertz CT molecular complexity index is 806. The summed E-state index contributed by atoms with van der Waals surface area (Å²) < 4.78 is 5.22. The SMILES string of the molecule is CC(C)[C@H](NC(=O)c1ccccc1)C(=O)Nc1cccc(OCC(N)=O)c1. The van der Waals surface area contributed by atoms with Gasteiger partial charge in [0.2, 0.25) is 5.91 Å². The summed E-state index contributed by atoms with van der Waals surface area (Å²) in [5.41, 5.74) is 6.02. The minimum Gasteiger partial charge on any atom is -0.484 e. The van der Waals surface area contributed by atoms with E-state index in [0.717, 1.165) is 0 Å². The molecule has 0 fully saturated rings. The molecule has 2 aromatic rings. The second-order valence-corrected chi connectivity index (χ2v) is 6.33. The van der Waals surface area contributed by atoms with Gasteiger partial charge in [-0.15, -0.1) is 0 Å². The van der Waals surface area contributed by atoms with E-state index in [9.17, 15) is 14.4 Å². The lowest BCUT2D eigenvalue weighted by molar-refractivity contribution is -0.120. The van der Waals surface area contributed by atoms with E-state index >= 15 is 0 Å². The summed E-state index contributed by atoms with van der Waals surface area (Å²) in [7, 11) is 0. The van der Waals surface area contributed by atoms with Gasteiger partial charge in [-0.1, -0.05) is 38.1 Å². The minimum atomic E-state index is -0.715. The third-order valence-corrected chi connectivity index (χ3v) is 3.75. The molecule has 7 nitrogen and oxygen atoms in total. The van der Waals surface area contributed by atoms with E-state index in [4.69, 9.17) is 10.5 Å². The van der Waals surface area contributed by atoms with Crippen molar-refractivity contribution in [3.8, 4) is 5.75 Å². The Morgan fingerprint density at radius 2 is 1.74 bits per heavy atom. The molecule has 2 aromatic carbocycles. The van der Waals surface area contributed by atoms with Gasteiger partial charge in [0, 0.05) is 17.3 Å². The van der Waals surface area contributed by atoms with Crippen molar-refractivity contribution in [2.45, 2.75) is 19.9 Å². The average Bonchev–Trinajstić information content (AvgIpc) is 2.65. The van der Waals surface area contributed by atoms with Gasteiger partial charge in [0.15, 0.2) is 6.61 Å². The van der Waals surface area contributed by atoms with Crippen LogP contribution in [-0.2, 0) is 9.59 Å². The van der Waals surface area contributed by atoms with Crippen LogP contribution in [0.25, 0.3) is 0 Å². The van der Waals surface area contributed by atoms with Gasteiger partial charge in [-0.2, -0.15) is 0 Å². The van der Waals surface area contributed by atoms with Gasteiger partial charge < -0.3 is 21.1 Å². The zero-order chi connectivity index (χ0) is 19.8. The van der Waals surface area contributed by atoms with Crippen molar-refractivity contribution in [1.29, 1.82) is 0 Å². The predicted molar refractivity (Wildman–Crippen MR) is 102 cm³/mol. The molecule has 7 heteroatoms. The van der Waals surface area contributed by atoms with Gasteiger partial charge in [-0.25, -0.2) is 0 Å². The van der Waals surface area contributed by atoms with Crippen molar-refractivity contribution < 1.29 is 19.1 Å². The van der Waals surface area contributed by atoms with Gasteiger partial charge in [-0.3, -0.25) is 14.4 Å². The molecule has 1 atom stereocenters. The Balaban J connectivity index is 2.05. The van der Waals surface area contributed by atoms with Crippen LogP contribution >= 0.6 is 0 Å². The Morgan fingerprint density at radius 1 is 1.04 bits per heavy atom. The fourth-order valence-corrected chi connectivity index (χ4v) is 2.39. The van der Waals surface area contributed by atoms with E-state index in [2.05, 4.69) is 10.6 Å². The molecule has 4 N–H and O–H groups in total. The first-order chi connectivity index (χ1) is 12.9. The zero-order valence-corrected chi connectivity index (χ0v) is 15.3. The Morgan fingerprint density at radius 3 is 2.37 bits per heavy atom. The molecular weight excluding hydrogens is 346 g/mol. The van der Waals surface area contributed by atoms with Crippen LogP contribution in [0.4, 0.5) is 5.69 Å². The van der Waals surface area contributed by atoms with Gasteiger partial charge in [0.1, 0.15) is 11.8 Å². The van der Waals surface area contributed by atoms with Gasteiger partial charge in [0.25, 0.3) is 11.8 Å². The number of nitrogens with one attached hydrogen (secondary N) is 2. The van der Waals surface area contributed by atoms with Crippen LogP contribution in [0.15, 0.2) is 54.6 Å². The standard InChI is InChI=1S/C20H23N3O4/c1-13(2)18(23-19(25)14-7-4-3-5-8-14)20(26)22-15-9-6-10-16(11-15)27-12-17(21)24/h3-11,13,18H,12H2,1-2H3,(H2,21,24)(H,22,26)(H,23,25)/t18-/m0/s1. The van der Waals surface area contributed by atoms with E-state index in [0.29, 0.717) is 17.0 Å². The van der Waals surface area contributed by atoms with Gasteiger partial charge in [-0.05, 0) is 30.2 Å². The van der Waals surface area contributed by atoms with E-state index < -0.39 is 11.9 Å². The van der Waals surface area contributed by atoms with E-state index in [1.165, 1.54) is 0 Å². The molecule has 0 spiro atoms. The summed E-state index contributed by atoms with van der Waals surface area (Å²) in [6.07, 6.45) is 0. The number of carbonyl (C=O) groups excluding carboxylic acids is 3. The molecule has 0 aromatic heterocycles. The topological polar surface area (TPSA) is 111 Å². The fraction of sp³-hybridized carbons (Fsp3) is 0.250. The summed E-state index contributed by atoms with van der Waals surface area (Å²) >= 11 is 0. The molecule has 2 rings (SSSR count). The number of carbonyl (C=O) groups is 3. The molecule has 0 aliphatic carbocycles. The number of hydrogen-bond acceptors (Lipinski definition) is 4.